The van der Waals surface area contributed by atoms with Gasteiger partial charge in [0.25, 0.3) is 26.1 Å². The van der Waals surface area contributed by atoms with E-state index in [1.54, 1.807) is 18.2 Å². The summed E-state index contributed by atoms with van der Waals surface area (Å²) < 4.78 is 161. The summed E-state index contributed by atoms with van der Waals surface area (Å²) in [7, 11) is -9.29. The zero-order valence-electron chi connectivity index (χ0n) is 46.2. The van der Waals surface area contributed by atoms with E-state index in [4.69, 9.17) is 70.1 Å². The smallest absolute Gasteiger partial charge is 0.313 e. The maximum Gasteiger partial charge on any atom is 0.313 e. The van der Waals surface area contributed by atoms with Crippen molar-refractivity contribution in [3.05, 3.63) is 112 Å². The molecule has 0 radical (unpaired) electrons. The van der Waals surface area contributed by atoms with E-state index in [0.29, 0.717) is 72.4 Å². The molecule has 0 aliphatic carbocycles. The SMILES string of the molecule is CC1(C)C=C(CS(=O)(=O)O)c2cc3c(c4c2N1CCC4)Oc1c(cc2c4c1CCCN4C(C)(C)CC2CS(=O)(=O)O)C31c2c(Cl)c(Cl)c(Cl)c(Cl)c2C(=O)N1NC(=O)CCOCCOCCOCCOCCC(=O)Oc1c(F)c(F)cc(F)c1F. The molecule has 0 fully saturated rings. The van der Waals surface area contributed by atoms with Gasteiger partial charge >= 0.3 is 5.97 Å². The molecule has 6 aliphatic rings. The molecule has 2 atom stereocenters. The fraction of sp³-hybridized carbons (Fsp3) is 0.482. The first-order valence-corrected chi connectivity index (χ1v) is 31.8. The Bertz CT molecular complexity index is 3700. The zero-order valence-corrected chi connectivity index (χ0v) is 50.9. The quantitative estimate of drug-likeness (QED) is 0.0134. The van der Waals surface area contributed by atoms with E-state index in [0.717, 1.165) is 5.01 Å². The Balaban J connectivity index is 0.929. The molecule has 0 saturated carbocycles. The van der Waals surface area contributed by atoms with Crippen molar-refractivity contribution >= 4 is 101 Å². The van der Waals surface area contributed by atoms with Gasteiger partial charge in [-0.3, -0.25) is 28.9 Å². The highest BCUT2D eigenvalue weighted by atomic mass is 35.5. The molecular weight excluding hydrogens is 1250 g/mol. The average Bonchev–Trinajstić information content (AvgIpc) is 1.64. The van der Waals surface area contributed by atoms with Crippen molar-refractivity contribution in [3.63, 3.8) is 0 Å². The molecule has 10 rings (SSSR count). The van der Waals surface area contributed by atoms with Gasteiger partial charge in [-0.05, 0) is 83.1 Å². The van der Waals surface area contributed by atoms with Crippen molar-refractivity contribution < 1.29 is 86.3 Å². The molecule has 4 aromatic carbocycles. The van der Waals surface area contributed by atoms with Crippen molar-refractivity contribution in [2.45, 2.75) is 95.2 Å². The number of hydrazine groups is 1. The van der Waals surface area contributed by atoms with E-state index in [1.165, 1.54) is 0 Å². The first-order valence-electron chi connectivity index (χ1n) is 27.1. The van der Waals surface area contributed by atoms with Crippen LogP contribution in [0.25, 0.3) is 5.57 Å². The molecule has 2 unspecified atom stereocenters. The predicted octanol–water partition coefficient (Wildman–Crippen LogP) is 9.92. The standard InChI is InChI=1S/C56H58Cl4F4N4O15S2/c1-54(2)24-28(26-84(72,73)74)32-21-34-50(30-7-5-11-66(54)48(30)32)83-51-31-8-6-12-67-49(31)33(29(25-55(67,3)4)27-85(75,76)77)22-35(51)56(34)41-40(42(57)44(59)45(60)43(41)58)53(71)68(56)65-38(69)9-13-78-15-17-80-19-20-81-18-16-79-14-10-39(70)82-52-46(63)36(61)23-37(62)47(52)64/h21-24,29H,5-20,25-27H2,1-4H3,(H,65,69)(H,72,73,74)(H,75,76,77). The molecule has 0 aromatic heterocycles. The number of hydrogen-bond donors (Lipinski definition) is 3. The van der Waals surface area contributed by atoms with Gasteiger partial charge in [0.1, 0.15) is 22.8 Å². The summed E-state index contributed by atoms with van der Waals surface area (Å²) in [4.78, 5) is 46.6. The van der Waals surface area contributed by atoms with Crippen molar-refractivity contribution in [1.82, 2.24) is 10.4 Å². The number of rotatable bonds is 21. The van der Waals surface area contributed by atoms with Crippen molar-refractivity contribution in [2.24, 2.45) is 0 Å². The number of halogens is 8. The average molecular weight is 1310 g/mol. The Morgan fingerprint density at radius 1 is 0.718 bits per heavy atom. The summed E-state index contributed by atoms with van der Waals surface area (Å²) in [6, 6.07) is 3.36. The lowest BCUT2D eigenvalue weighted by Gasteiger charge is -2.53. The van der Waals surface area contributed by atoms with Crippen LogP contribution in [0.2, 0.25) is 20.1 Å². The number of hydrogen-bond acceptors (Lipinski definition) is 15. The maximum absolute atomic E-state index is 15.7. The lowest BCUT2D eigenvalue weighted by molar-refractivity contribution is -0.136. The Morgan fingerprint density at radius 3 is 1.85 bits per heavy atom. The largest absolute Gasteiger partial charge is 0.456 e. The monoisotopic (exact) mass is 1310 g/mol. The second-order valence-electron chi connectivity index (χ2n) is 22.5. The second-order valence-corrected chi connectivity index (χ2v) is 27.0. The van der Waals surface area contributed by atoms with Crippen LogP contribution in [0.4, 0.5) is 28.9 Å². The molecule has 0 saturated heterocycles. The normalized spacial score (nSPS) is 19.6. The number of carbonyl (C=O) groups is 3. The Labute approximate surface area is 507 Å². The highest BCUT2D eigenvalue weighted by Gasteiger charge is 2.62. The second kappa shape index (κ2) is 23.8. The van der Waals surface area contributed by atoms with E-state index < -0.39 is 107 Å². The van der Waals surface area contributed by atoms with Crippen LogP contribution in [0.1, 0.15) is 115 Å². The van der Waals surface area contributed by atoms with E-state index in [-0.39, 0.29) is 131 Å². The summed E-state index contributed by atoms with van der Waals surface area (Å²) in [5, 5.41) is 0.0286. The minimum absolute atomic E-state index is 0.00626. The molecule has 6 aliphatic heterocycles. The van der Waals surface area contributed by atoms with E-state index in [9.17, 15) is 53.1 Å². The van der Waals surface area contributed by atoms with E-state index in [1.807, 2.05) is 27.7 Å². The molecule has 29 heteroatoms. The summed E-state index contributed by atoms with van der Waals surface area (Å²) in [5.41, 5.74) is 3.18. The van der Waals surface area contributed by atoms with Gasteiger partial charge in [0, 0.05) is 69.7 Å². The van der Waals surface area contributed by atoms with Gasteiger partial charge in [-0.25, -0.2) is 13.8 Å². The van der Waals surface area contributed by atoms with Crippen molar-refractivity contribution in [3.8, 4) is 17.2 Å². The van der Waals surface area contributed by atoms with Crippen LogP contribution in [0.15, 0.2) is 24.3 Å². The van der Waals surface area contributed by atoms with Crippen molar-refractivity contribution in [1.29, 1.82) is 0 Å². The molecule has 4 aromatic rings. The number of benzene rings is 4. The highest BCUT2D eigenvalue weighted by molar-refractivity contribution is 7.86. The van der Waals surface area contributed by atoms with Crippen LogP contribution in [0.3, 0.4) is 0 Å². The van der Waals surface area contributed by atoms with Crippen LogP contribution in [-0.2, 0) is 67.2 Å². The first-order chi connectivity index (χ1) is 40.0. The third kappa shape index (κ3) is 11.7. The molecule has 6 heterocycles. The topological polar surface area (TPSA) is 237 Å². The van der Waals surface area contributed by atoms with Gasteiger partial charge in [-0.1, -0.05) is 52.5 Å². The van der Waals surface area contributed by atoms with Crippen LogP contribution in [0.5, 0.6) is 17.2 Å². The third-order valence-electron chi connectivity index (χ3n) is 16.0. The van der Waals surface area contributed by atoms with Gasteiger partial charge in [0.15, 0.2) is 11.6 Å². The van der Waals surface area contributed by atoms with Crippen LogP contribution >= 0.6 is 46.4 Å². The number of ether oxygens (including phenoxy) is 6. The summed E-state index contributed by atoms with van der Waals surface area (Å²) >= 11 is 28.3. The van der Waals surface area contributed by atoms with E-state index in [2.05, 4.69) is 20.0 Å². The Hall–Kier alpha value is -5.03. The summed E-state index contributed by atoms with van der Waals surface area (Å²) in [6.45, 7) is 8.86. The molecule has 0 bridgehead atoms. The maximum atomic E-state index is 15.7. The van der Waals surface area contributed by atoms with Gasteiger partial charge in [0.05, 0.1) is 108 Å². The molecule has 19 nitrogen and oxygen atoms in total. The number of amides is 2. The number of fused-ring (bicyclic) bond motifs is 8. The van der Waals surface area contributed by atoms with Crippen LogP contribution in [-0.4, -0.2) is 137 Å². The summed E-state index contributed by atoms with van der Waals surface area (Å²) in [6.07, 6.45) is 3.20. The number of nitrogens with zero attached hydrogens (tertiary/aromatic N) is 3. The Kier molecular flexibility index (Phi) is 17.7. The predicted molar refractivity (Wildman–Crippen MR) is 306 cm³/mol. The molecular formula is C56H58Cl4F4N4O15S2. The molecule has 2 amide bonds. The Morgan fingerprint density at radius 2 is 1.26 bits per heavy atom. The van der Waals surface area contributed by atoms with Crippen molar-refractivity contribution in [2.75, 3.05) is 87.3 Å². The van der Waals surface area contributed by atoms with Gasteiger partial charge in [0.2, 0.25) is 23.3 Å². The van der Waals surface area contributed by atoms with Crippen LogP contribution in [0, 0.1) is 23.3 Å². The fourth-order valence-electron chi connectivity index (χ4n) is 12.7. The third-order valence-corrected chi connectivity index (χ3v) is 19.3. The number of nitrogens with one attached hydrogen (secondary N) is 1. The van der Waals surface area contributed by atoms with Gasteiger partial charge in [-0.2, -0.15) is 25.6 Å². The van der Waals surface area contributed by atoms with Crippen LogP contribution < -0.4 is 24.7 Å². The highest BCUT2D eigenvalue weighted by Crippen LogP contribution is 2.66. The number of carbonyl (C=O) groups excluding carboxylic acids is 3. The van der Waals surface area contributed by atoms with Gasteiger partial charge < -0.3 is 38.2 Å². The molecule has 1 spiro atoms. The number of anilines is 2. The lowest BCUT2D eigenvalue weighted by atomic mass is 9.68. The molecule has 460 valence electrons. The molecule has 85 heavy (non-hydrogen) atoms. The molecule has 3 N–H and O–H groups in total. The first kappa shape index (κ1) is 63.0. The summed E-state index contributed by atoms with van der Waals surface area (Å²) in [5.74, 6) is -13.2. The van der Waals surface area contributed by atoms with Gasteiger partial charge in [-0.15, -0.1) is 0 Å². The lowest BCUT2D eigenvalue weighted by Crippen LogP contribution is -2.57. The number of esters is 1. The van der Waals surface area contributed by atoms with E-state index >= 15 is 4.79 Å². The minimum atomic E-state index is -4.68. The fourth-order valence-corrected chi connectivity index (χ4v) is 15.2. The minimum Gasteiger partial charge on any atom is -0.456 e. The zero-order chi connectivity index (χ0) is 61.5.